The molecule has 0 N–H and O–H groups in total. The Hall–Kier alpha value is -1.23. The summed E-state index contributed by atoms with van der Waals surface area (Å²) in [7, 11) is -3.73. The van der Waals surface area contributed by atoms with Crippen LogP contribution in [0.5, 0.6) is 0 Å². The van der Waals surface area contributed by atoms with Crippen molar-refractivity contribution in [3.8, 4) is 0 Å². The van der Waals surface area contributed by atoms with Crippen LogP contribution in [0.1, 0.15) is 18.4 Å². The van der Waals surface area contributed by atoms with Crippen molar-refractivity contribution in [2.24, 2.45) is 4.99 Å². The first-order chi connectivity index (χ1) is 8.30. The van der Waals surface area contributed by atoms with Crippen LogP contribution < -0.4 is 0 Å². The minimum absolute atomic E-state index is 0.195. The largest absolute Gasteiger partial charge is 0.235 e. The number of isocyanates is 1. The van der Waals surface area contributed by atoms with E-state index in [1.54, 1.807) is 0 Å². The topological polar surface area (TPSA) is 63.6 Å². The number of nitrogens with zero attached hydrogens (tertiary/aromatic N) is 1. The Morgan fingerprint density at radius 3 is 2.44 bits per heavy atom. The maximum Gasteiger partial charge on any atom is 0.235 e. The van der Waals surface area contributed by atoms with E-state index in [9.17, 15) is 17.6 Å². The molecule has 1 aliphatic carbocycles. The Morgan fingerprint density at radius 1 is 1.44 bits per heavy atom. The molecule has 1 aromatic carbocycles. The van der Waals surface area contributed by atoms with Crippen molar-refractivity contribution < 1.29 is 17.6 Å². The van der Waals surface area contributed by atoms with Gasteiger partial charge in [-0.15, -0.1) is 0 Å². The summed E-state index contributed by atoms with van der Waals surface area (Å²) >= 11 is 5.79. The molecule has 0 heterocycles. The summed E-state index contributed by atoms with van der Waals surface area (Å²) in [5.74, 6) is -0.924. The zero-order chi connectivity index (χ0) is 13.6. The predicted octanol–water partition coefficient (Wildman–Crippen LogP) is 2.21. The van der Waals surface area contributed by atoms with Gasteiger partial charge in [0.2, 0.25) is 6.08 Å². The Morgan fingerprint density at radius 2 is 2.06 bits per heavy atom. The Kier molecular flexibility index (Phi) is 3.05. The third-order valence-electron chi connectivity index (χ3n) is 2.89. The first-order valence-corrected chi connectivity index (χ1v) is 7.36. The van der Waals surface area contributed by atoms with Crippen LogP contribution in [0.4, 0.5) is 4.39 Å². The van der Waals surface area contributed by atoms with Gasteiger partial charge in [0, 0.05) is 6.26 Å². The Labute approximate surface area is 108 Å². The van der Waals surface area contributed by atoms with E-state index < -0.39 is 26.1 Å². The smallest absolute Gasteiger partial charge is 0.224 e. The molecule has 1 fully saturated rings. The molecule has 0 amide bonds. The highest BCUT2D eigenvalue weighted by Gasteiger charge is 2.45. The highest BCUT2D eigenvalue weighted by Crippen LogP contribution is 2.50. The van der Waals surface area contributed by atoms with Gasteiger partial charge in [0.25, 0.3) is 0 Å². The van der Waals surface area contributed by atoms with Gasteiger partial charge in [-0.05, 0) is 30.5 Å². The lowest BCUT2D eigenvalue weighted by atomic mass is 10.1. The molecular weight excluding hydrogens is 281 g/mol. The summed E-state index contributed by atoms with van der Waals surface area (Å²) in [4.78, 5) is 13.4. The van der Waals surface area contributed by atoms with E-state index in [4.69, 9.17) is 11.6 Å². The number of hydrogen-bond donors (Lipinski definition) is 0. The molecule has 1 aliphatic rings. The molecule has 1 aromatic rings. The van der Waals surface area contributed by atoms with Crippen molar-refractivity contribution in [1.82, 2.24) is 0 Å². The number of aliphatic imine (C=N–C) groups is 1. The van der Waals surface area contributed by atoms with Crippen molar-refractivity contribution in [2.75, 3.05) is 6.26 Å². The molecule has 4 nitrogen and oxygen atoms in total. The van der Waals surface area contributed by atoms with Gasteiger partial charge in [-0.1, -0.05) is 11.6 Å². The van der Waals surface area contributed by atoms with Gasteiger partial charge >= 0.3 is 0 Å². The fraction of sp³-hybridized carbons (Fsp3) is 0.364. The number of benzene rings is 1. The van der Waals surface area contributed by atoms with E-state index in [2.05, 4.69) is 4.99 Å². The van der Waals surface area contributed by atoms with Crippen LogP contribution in [-0.2, 0) is 20.2 Å². The Balaban J connectivity index is 2.61. The molecule has 18 heavy (non-hydrogen) atoms. The molecule has 0 atom stereocenters. The van der Waals surface area contributed by atoms with E-state index in [1.807, 2.05) is 0 Å². The lowest BCUT2D eigenvalue weighted by molar-refractivity contribution is 0.552. The fourth-order valence-electron chi connectivity index (χ4n) is 1.85. The standard InChI is InChI=1S/C11H9ClFNO3S/c1-18(16,17)10-8(12)4-7(5-9(10)13)11(2-3-11)14-6-15/h4-5H,2-3H2,1H3. The number of carbonyl (C=O) groups excluding carboxylic acids is 1. The van der Waals surface area contributed by atoms with Gasteiger partial charge in [-0.25, -0.2) is 17.6 Å². The van der Waals surface area contributed by atoms with Gasteiger partial charge in [-0.2, -0.15) is 4.99 Å². The number of hydrogen-bond acceptors (Lipinski definition) is 4. The summed E-state index contributed by atoms with van der Waals surface area (Å²) in [5.41, 5.74) is -0.372. The van der Waals surface area contributed by atoms with E-state index in [0.717, 1.165) is 12.3 Å². The number of halogens is 2. The third kappa shape index (κ3) is 2.19. The number of rotatable bonds is 3. The second-order valence-corrected chi connectivity index (χ2v) is 6.64. The summed E-state index contributed by atoms with van der Waals surface area (Å²) in [6.07, 6.45) is 3.51. The number of sulfone groups is 1. The minimum Gasteiger partial charge on any atom is -0.224 e. The van der Waals surface area contributed by atoms with Crippen LogP contribution in [-0.4, -0.2) is 20.8 Å². The molecule has 1 saturated carbocycles. The van der Waals surface area contributed by atoms with Crippen LogP contribution >= 0.6 is 11.6 Å². The molecular formula is C11H9ClFNO3S. The van der Waals surface area contributed by atoms with Gasteiger partial charge in [-0.3, -0.25) is 0 Å². The molecule has 7 heteroatoms. The molecule has 0 aliphatic heterocycles. The van der Waals surface area contributed by atoms with Gasteiger partial charge < -0.3 is 0 Å². The van der Waals surface area contributed by atoms with Crippen molar-refractivity contribution in [3.05, 3.63) is 28.5 Å². The maximum atomic E-state index is 13.8. The molecule has 0 saturated heterocycles. The van der Waals surface area contributed by atoms with E-state index in [-0.39, 0.29) is 5.02 Å². The van der Waals surface area contributed by atoms with Crippen LogP contribution in [0.2, 0.25) is 5.02 Å². The molecule has 0 spiro atoms. The zero-order valence-electron chi connectivity index (χ0n) is 9.41. The van der Waals surface area contributed by atoms with Crippen molar-refractivity contribution in [3.63, 3.8) is 0 Å². The average Bonchev–Trinajstić information content (AvgIpc) is 2.96. The van der Waals surface area contributed by atoms with Crippen LogP contribution in [0, 0.1) is 5.82 Å². The zero-order valence-corrected chi connectivity index (χ0v) is 11.0. The van der Waals surface area contributed by atoms with Crippen LogP contribution in [0.15, 0.2) is 22.0 Å². The summed E-state index contributed by atoms with van der Waals surface area (Å²) in [5, 5.41) is -0.195. The Bertz CT molecular complexity index is 638. The average molecular weight is 290 g/mol. The summed E-state index contributed by atoms with van der Waals surface area (Å²) in [6, 6.07) is 2.41. The lowest BCUT2D eigenvalue weighted by Gasteiger charge is -2.11. The highest BCUT2D eigenvalue weighted by atomic mass is 35.5. The van der Waals surface area contributed by atoms with E-state index in [0.29, 0.717) is 18.4 Å². The second-order valence-electron chi connectivity index (χ2n) is 4.28. The molecule has 96 valence electrons. The molecule has 0 radical (unpaired) electrons. The molecule has 0 aromatic heterocycles. The van der Waals surface area contributed by atoms with Crippen molar-refractivity contribution in [2.45, 2.75) is 23.3 Å². The quantitative estimate of drug-likeness (QED) is 0.633. The molecule has 2 rings (SSSR count). The van der Waals surface area contributed by atoms with E-state index >= 15 is 0 Å². The van der Waals surface area contributed by atoms with Crippen molar-refractivity contribution in [1.29, 1.82) is 0 Å². The van der Waals surface area contributed by atoms with Gasteiger partial charge in [0.05, 0.1) is 10.6 Å². The first-order valence-electron chi connectivity index (χ1n) is 5.09. The minimum atomic E-state index is -3.73. The third-order valence-corrected chi connectivity index (χ3v) is 4.46. The predicted molar refractivity (Wildman–Crippen MR) is 63.6 cm³/mol. The summed E-state index contributed by atoms with van der Waals surface area (Å²) < 4.78 is 36.5. The molecule has 0 bridgehead atoms. The maximum absolute atomic E-state index is 13.8. The van der Waals surface area contributed by atoms with Crippen LogP contribution in [0.3, 0.4) is 0 Å². The SMILES string of the molecule is CS(=O)(=O)c1c(F)cc(C2(N=C=O)CC2)cc1Cl. The summed E-state index contributed by atoms with van der Waals surface area (Å²) in [6.45, 7) is 0. The fourth-order valence-corrected chi connectivity index (χ4v) is 3.31. The first kappa shape index (κ1) is 13.2. The highest BCUT2D eigenvalue weighted by molar-refractivity contribution is 7.90. The second kappa shape index (κ2) is 4.16. The van der Waals surface area contributed by atoms with Crippen molar-refractivity contribution >= 4 is 27.5 Å². The van der Waals surface area contributed by atoms with Gasteiger partial charge in [0.15, 0.2) is 9.84 Å². The molecule has 0 unspecified atom stereocenters. The van der Waals surface area contributed by atoms with E-state index in [1.165, 1.54) is 12.1 Å². The normalized spacial score (nSPS) is 17.1. The monoisotopic (exact) mass is 289 g/mol. The van der Waals surface area contributed by atoms with Gasteiger partial charge in [0.1, 0.15) is 10.7 Å². The lowest BCUT2D eigenvalue weighted by Crippen LogP contribution is -2.07. The van der Waals surface area contributed by atoms with Crippen LogP contribution in [0.25, 0.3) is 0 Å².